The van der Waals surface area contributed by atoms with Crippen LogP contribution in [0.15, 0.2) is 18.3 Å². The zero-order chi connectivity index (χ0) is 11.0. The van der Waals surface area contributed by atoms with Crippen LogP contribution in [-0.2, 0) is 4.74 Å². The van der Waals surface area contributed by atoms with Crippen molar-refractivity contribution in [2.75, 3.05) is 20.3 Å². The summed E-state index contributed by atoms with van der Waals surface area (Å²) in [6.45, 7) is 1.54. The number of methoxy groups -OCH3 is 1. The van der Waals surface area contributed by atoms with E-state index in [9.17, 15) is 0 Å². The van der Waals surface area contributed by atoms with Gasteiger partial charge < -0.3 is 9.47 Å². The van der Waals surface area contributed by atoms with Gasteiger partial charge in [0.2, 0.25) is 5.65 Å². The first-order valence-electron chi connectivity index (χ1n) is 5.35. The van der Waals surface area contributed by atoms with Crippen LogP contribution in [0, 0.1) is 0 Å². The van der Waals surface area contributed by atoms with E-state index in [1.807, 2.05) is 22.7 Å². The maximum Gasteiger partial charge on any atom is 0.203 e. The number of ether oxygens (including phenoxy) is 2. The van der Waals surface area contributed by atoms with E-state index >= 15 is 0 Å². The molecule has 2 aromatic rings. The molecule has 0 saturated carbocycles. The molecule has 5 heteroatoms. The molecule has 3 rings (SSSR count). The van der Waals surface area contributed by atoms with Crippen LogP contribution < -0.4 is 4.74 Å². The third-order valence-electron chi connectivity index (χ3n) is 2.94. The van der Waals surface area contributed by atoms with Crippen LogP contribution in [0.4, 0.5) is 0 Å². The standard InChI is InChI=1S/C11H13N3O2/c1-15-9-3-2-5-14-10(12-13-11(9)14)8-4-6-16-7-8/h2-3,5,8H,4,6-7H2,1H3. The fourth-order valence-electron chi connectivity index (χ4n) is 2.09. The predicted molar refractivity (Wildman–Crippen MR) is 57.7 cm³/mol. The van der Waals surface area contributed by atoms with Crippen molar-refractivity contribution < 1.29 is 9.47 Å². The van der Waals surface area contributed by atoms with Crippen molar-refractivity contribution in [2.24, 2.45) is 0 Å². The number of hydrogen-bond acceptors (Lipinski definition) is 4. The molecule has 0 amide bonds. The Balaban J connectivity index is 2.12. The van der Waals surface area contributed by atoms with Crippen molar-refractivity contribution in [1.82, 2.24) is 14.6 Å². The molecule has 0 spiro atoms. The molecule has 16 heavy (non-hydrogen) atoms. The van der Waals surface area contributed by atoms with Gasteiger partial charge >= 0.3 is 0 Å². The van der Waals surface area contributed by atoms with E-state index in [0.29, 0.717) is 5.92 Å². The zero-order valence-electron chi connectivity index (χ0n) is 9.09. The Kier molecular flexibility index (Phi) is 2.25. The highest BCUT2D eigenvalue weighted by Gasteiger charge is 2.23. The van der Waals surface area contributed by atoms with Gasteiger partial charge in [-0.1, -0.05) is 0 Å². The summed E-state index contributed by atoms with van der Waals surface area (Å²) in [4.78, 5) is 0. The highest BCUT2D eigenvalue weighted by molar-refractivity contribution is 5.53. The maximum atomic E-state index is 5.37. The lowest BCUT2D eigenvalue weighted by atomic mass is 10.1. The molecule has 84 valence electrons. The smallest absolute Gasteiger partial charge is 0.203 e. The first kappa shape index (κ1) is 9.59. The molecule has 1 fully saturated rings. The first-order valence-corrected chi connectivity index (χ1v) is 5.35. The molecule has 0 N–H and O–H groups in total. The molecule has 1 unspecified atom stereocenters. The summed E-state index contributed by atoms with van der Waals surface area (Å²) >= 11 is 0. The summed E-state index contributed by atoms with van der Waals surface area (Å²) in [5.41, 5.74) is 0.770. The normalized spacial score (nSPS) is 20.4. The van der Waals surface area contributed by atoms with Gasteiger partial charge in [0.1, 0.15) is 5.82 Å². The van der Waals surface area contributed by atoms with Crippen LogP contribution in [-0.4, -0.2) is 34.9 Å². The van der Waals surface area contributed by atoms with Crippen molar-refractivity contribution in [3.8, 4) is 5.75 Å². The van der Waals surface area contributed by atoms with Gasteiger partial charge in [0.15, 0.2) is 5.75 Å². The summed E-state index contributed by atoms with van der Waals surface area (Å²) in [5.74, 6) is 2.06. The number of fused-ring (bicyclic) bond motifs is 1. The Hall–Kier alpha value is -1.62. The van der Waals surface area contributed by atoms with Crippen molar-refractivity contribution in [3.05, 3.63) is 24.2 Å². The lowest BCUT2D eigenvalue weighted by Gasteiger charge is -2.06. The second-order valence-electron chi connectivity index (χ2n) is 3.89. The van der Waals surface area contributed by atoms with Crippen LogP contribution in [0.3, 0.4) is 0 Å². The van der Waals surface area contributed by atoms with Gasteiger partial charge in [0, 0.05) is 18.7 Å². The molecule has 1 aliphatic rings. The Labute approximate surface area is 93.0 Å². The average Bonchev–Trinajstić information content (AvgIpc) is 2.96. The van der Waals surface area contributed by atoms with Crippen molar-refractivity contribution in [1.29, 1.82) is 0 Å². The SMILES string of the molecule is COc1cccn2c(C3CCOC3)nnc12. The van der Waals surface area contributed by atoms with Crippen LogP contribution in [0.25, 0.3) is 5.65 Å². The van der Waals surface area contributed by atoms with Crippen LogP contribution in [0.2, 0.25) is 0 Å². The van der Waals surface area contributed by atoms with E-state index in [1.54, 1.807) is 7.11 Å². The molecule has 5 nitrogen and oxygen atoms in total. The van der Waals surface area contributed by atoms with E-state index in [-0.39, 0.29) is 0 Å². The van der Waals surface area contributed by atoms with E-state index in [4.69, 9.17) is 9.47 Å². The number of aromatic nitrogens is 3. The summed E-state index contributed by atoms with van der Waals surface area (Å²) < 4.78 is 12.6. The fraction of sp³-hybridized carbons (Fsp3) is 0.455. The van der Waals surface area contributed by atoms with Crippen LogP contribution in [0.1, 0.15) is 18.2 Å². The van der Waals surface area contributed by atoms with Gasteiger partial charge in [0.25, 0.3) is 0 Å². The molecule has 3 heterocycles. The lowest BCUT2D eigenvalue weighted by Crippen LogP contribution is -2.03. The highest BCUT2D eigenvalue weighted by Crippen LogP contribution is 2.26. The minimum absolute atomic E-state index is 0.349. The minimum Gasteiger partial charge on any atom is -0.493 e. The van der Waals surface area contributed by atoms with Gasteiger partial charge in [-0.2, -0.15) is 0 Å². The Bertz CT molecular complexity index is 503. The number of rotatable bonds is 2. The van der Waals surface area contributed by atoms with Gasteiger partial charge in [-0.3, -0.25) is 4.40 Å². The van der Waals surface area contributed by atoms with Crippen molar-refractivity contribution >= 4 is 5.65 Å². The minimum atomic E-state index is 0.349. The van der Waals surface area contributed by atoms with Gasteiger partial charge in [-0.05, 0) is 18.6 Å². The van der Waals surface area contributed by atoms with E-state index in [0.717, 1.165) is 36.9 Å². The van der Waals surface area contributed by atoms with Crippen LogP contribution in [0.5, 0.6) is 5.75 Å². The monoisotopic (exact) mass is 219 g/mol. The predicted octanol–water partition coefficient (Wildman–Crippen LogP) is 1.24. The molecule has 1 aliphatic heterocycles. The molecule has 0 radical (unpaired) electrons. The van der Waals surface area contributed by atoms with E-state index in [2.05, 4.69) is 10.2 Å². The summed E-state index contributed by atoms with van der Waals surface area (Å²) in [6.07, 6.45) is 2.98. The number of pyridine rings is 1. The highest BCUT2D eigenvalue weighted by atomic mass is 16.5. The second kappa shape index (κ2) is 3.75. The summed E-state index contributed by atoms with van der Waals surface area (Å²) in [6, 6.07) is 3.83. The maximum absolute atomic E-state index is 5.37. The van der Waals surface area contributed by atoms with Gasteiger partial charge in [-0.15, -0.1) is 10.2 Å². The fourth-order valence-corrected chi connectivity index (χ4v) is 2.09. The van der Waals surface area contributed by atoms with Gasteiger partial charge in [0.05, 0.1) is 13.7 Å². The topological polar surface area (TPSA) is 48.7 Å². The summed E-state index contributed by atoms with van der Waals surface area (Å²) in [5, 5.41) is 8.41. The Morgan fingerprint density at radius 2 is 2.44 bits per heavy atom. The molecule has 1 atom stereocenters. The molecule has 2 aromatic heterocycles. The number of nitrogens with zero attached hydrogens (tertiary/aromatic N) is 3. The Morgan fingerprint density at radius 3 is 3.19 bits per heavy atom. The third-order valence-corrected chi connectivity index (χ3v) is 2.94. The van der Waals surface area contributed by atoms with Gasteiger partial charge in [-0.25, -0.2) is 0 Å². The summed E-state index contributed by atoms with van der Waals surface area (Å²) in [7, 11) is 1.64. The quantitative estimate of drug-likeness (QED) is 0.762. The van der Waals surface area contributed by atoms with E-state index < -0.39 is 0 Å². The zero-order valence-corrected chi connectivity index (χ0v) is 9.09. The third kappa shape index (κ3) is 1.36. The molecule has 0 aliphatic carbocycles. The Morgan fingerprint density at radius 1 is 1.50 bits per heavy atom. The molecule has 0 aromatic carbocycles. The first-order chi connectivity index (χ1) is 7.90. The number of hydrogen-bond donors (Lipinski definition) is 0. The molecule has 0 bridgehead atoms. The lowest BCUT2D eigenvalue weighted by molar-refractivity contribution is 0.193. The second-order valence-corrected chi connectivity index (χ2v) is 3.89. The van der Waals surface area contributed by atoms with Crippen LogP contribution >= 0.6 is 0 Å². The average molecular weight is 219 g/mol. The van der Waals surface area contributed by atoms with Crippen molar-refractivity contribution in [3.63, 3.8) is 0 Å². The molecular formula is C11H13N3O2. The molecular weight excluding hydrogens is 206 g/mol. The van der Waals surface area contributed by atoms with E-state index in [1.165, 1.54) is 0 Å². The van der Waals surface area contributed by atoms with Crippen molar-refractivity contribution in [2.45, 2.75) is 12.3 Å². The largest absolute Gasteiger partial charge is 0.493 e. The molecule has 1 saturated heterocycles.